The molecule has 0 nitrogen and oxygen atoms in total. The van der Waals surface area contributed by atoms with Gasteiger partial charge < -0.3 is 12.4 Å². The summed E-state index contributed by atoms with van der Waals surface area (Å²) >= 11 is 0. The number of halogens is 1. The SMILES string of the molecule is [CH2+]CCCCC/C=C/CCC.[Cl-]. The first-order chi connectivity index (χ1) is 5.41. The highest BCUT2D eigenvalue weighted by Gasteiger charge is 1.86. The third-order valence-corrected chi connectivity index (χ3v) is 1.74. The molecule has 0 aliphatic heterocycles. The quantitative estimate of drug-likeness (QED) is 0.319. The van der Waals surface area contributed by atoms with Crippen LogP contribution < -0.4 is 12.4 Å². The van der Waals surface area contributed by atoms with Gasteiger partial charge in [0.2, 0.25) is 0 Å². The summed E-state index contributed by atoms with van der Waals surface area (Å²) in [6, 6.07) is 0. The molecule has 0 fully saturated rings. The van der Waals surface area contributed by atoms with Crippen molar-refractivity contribution in [3.05, 3.63) is 19.1 Å². The predicted molar refractivity (Wildman–Crippen MR) is 52.5 cm³/mol. The Hall–Kier alpha value is -0.100. The zero-order chi connectivity index (χ0) is 8.36. The molecule has 0 aromatic rings. The van der Waals surface area contributed by atoms with E-state index in [0.717, 1.165) is 6.42 Å². The number of rotatable bonds is 7. The maximum Gasteiger partial charge on any atom is 0.0850 e. The molecule has 1 heteroatoms. The van der Waals surface area contributed by atoms with Gasteiger partial charge in [-0.25, -0.2) is 0 Å². The third kappa shape index (κ3) is 12.6. The molecule has 0 heterocycles. The van der Waals surface area contributed by atoms with Crippen molar-refractivity contribution in [2.75, 3.05) is 0 Å². The topological polar surface area (TPSA) is 0 Å². The standard InChI is InChI=1S/C11H21.ClH/c1-3-5-7-9-11-10-8-6-4-2;/h8,10H,1,3-7,9,11H2,2H3;1H/q+1;/p-1/b10-8+;. The molecule has 0 bridgehead atoms. The van der Waals surface area contributed by atoms with Crippen molar-refractivity contribution in [3.63, 3.8) is 0 Å². The minimum absolute atomic E-state index is 0. The Labute approximate surface area is 83.9 Å². The maximum atomic E-state index is 3.81. The zero-order valence-corrected chi connectivity index (χ0v) is 8.95. The normalized spacial score (nSPS) is 10.1. The van der Waals surface area contributed by atoms with Crippen LogP contribution in [0.5, 0.6) is 0 Å². The molecule has 0 unspecified atom stereocenters. The van der Waals surface area contributed by atoms with Crippen LogP contribution in [0.4, 0.5) is 0 Å². The zero-order valence-electron chi connectivity index (χ0n) is 8.19. The minimum Gasteiger partial charge on any atom is -1.00 e. The van der Waals surface area contributed by atoms with Crippen LogP contribution in [0.2, 0.25) is 0 Å². The Morgan fingerprint density at radius 2 is 1.67 bits per heavy atom. The van der Waals surface area contributed by atoms with E-state index in [2.05, 4.69) is 26.0 Å². The van der Waals surface area contributed by atoms with Crippen LogP contribution >= 0.6 is 0 Å². The van der Waals surface area contributed by atoms with Crippen LogP contribution in [0.1, 0.15) is 51.9 Å². The van der Waals surface area contributed by atoms with E-state index in [9.17, 15) is 0 Å². The average Bonchev–Trinajstić information content (AvgIpc) is 2.03. The van der Waals surface area contributed by atoms with Gasteiger partial charge >= 0.3 is 0 Å². The molecule has 0 saturated carbocycles. The Balaban J connectivity index is 0. The van der Waals surface area contributed by atoms with Gasteiger partial charge in [-0.1, -0.05) is 25.5 Å². The number of allylic oxidation sites excluding steroid dienone is 2. The van der Waals surface area contributed by atoms with E-state index in [1.54, 1.807) is 0 Å². The van der Waals surface area contributed by atoms with Crippen molar-refractivity contribution in [1.82, 2.24) is 0 Å². The molecule has 72 valence electrons. The van der Waals surface area contributed by atoms with Crippen LogP contribution in [-0.4, -0.2) is 0 Å². The average molecular weight is 189 g/mol. The van der Waals surface area contributed by atoms with Crippen LogP contribution in [-0.2, 0) is 0 Å². The Bertz CT molecular complexity index is 87.0. The molecular formula is C11H21Cl. The fraction of sp³-hybridized carbons (Fsp3) is 0.727. The van der Waals surface area contributed by atoms with E-state index in [4.69, 9.17) is 0 Å². The third-order valence-electron chi connectivity index (χ3n) is 1.74. The van der Waals surface area contributed by atoms with Crippen LogP contribution in [0, 0.1) is 6.92 Å². The molecule has 0 aliphatic rings. The van der Waals surface area contributed by atoms with E-state index < -0.39 is 0 Å². The van der Waals surface area contributed by atoms with Crippen molar-refractivity contribution in [3.8, 4) is 0 Å². The Morgan fingerprint density at radius 3 is 2.25 bits per heavy atom. The van der Waals surface area contributed by atoms with E-state index in [-0.39, 0.29) is 12.4 Å². The van der Waals surface area contributed by atoms with Gasteiger partial charge in [0, 0.05) is 0 Å². The highest BCUT2D eigenvalue weighted by atomic mass is 35.5. The van der Waals surface area contributed by atoms with Gasteiger partial charge in [-0.2, -0.15) is 0 Å². The second-order valence-electron chi connectivity index (χ2n) is 2.96. The highest BCUT2D eigenvalue weighted by molar-refractivity contribution is 4.80. The summed E-state index contributed by atoms with van der Waals surface area (Å²) in [6.07, 6.45) is 13.5. The fourth-order valence-electron chi connectivity index (χ4n) is 1.02. The molecule has 0 rings (SSSR count). The van der Waals surface area contributed by atoms with Crippen molar-refractivity contribution in [1.29, 1.82) is 0 Å². The summed E-state index contributed by atoms with van der Waals surface area (Å²) in [5.41, 5.74) is 0. The van der Waals surface area contributed by atoms with Crippen molar-refractivity contribution >= 4 is 0 Å². The lowest BCUT2D eigenvalue weighted by molar-refractivity contribution is -0.00000247. The van der Waals surface area contributed by atoms with Crippen LogP contribution in [0.3, 0.4) is 0 Å². The molecule has 0 aromatic heterocycles. The largest absolute Gasteiger partial charge is 1.00 e. The van der Waals surface area contributed by atoms with E-state index in [0.29, 0.717) is 0 Å². The first-order valence-corrected chi connectivity index (χ1v) is 4.86. The lowest BCUT2D eigenvalue weighted by Gasteiger charge is -1.91. The molecule has 0 spiro atoms. The monoisotopic (exact) mass is 188 g/mol. The van der Waals surface area contributed by atoms with Crippen molar-refractivity contribution in [2.24, 2.45) is 0 Å². The number of hydrogen-bond donors (Lipinski definition) is 0. The smallest absolute Gasteiger partial charge is 0.0850 e. The Morgan fingerprint density at radius 1 is 1.00 bits per heavy atom. The van der Waals surface area contributed by atoms with Gasteiger partial charge in [0.25, 0.3) is 0 Å². The van der Waals surface area contributed by atoms with Crippen molar-refractivity contribution < 1.29 is 12.4 Å². The van der Waals surface area contributed by atoms with E-state index >= 15 is 0 Å². The van der Waals surface area contributed by atoms with Gasteiger partial charge in [-0.05, 0) is 32.1 Å². The molecule has 0 N–H and O–H groups in total. The van der Waals surface area contributed by atoms with Gasteiger partial charge in [0.05, 0.1) is 13.3 Å². The first-order valence-electron chi connectivity index (χ1n) is 4.86. The molecule has 0 aliphatic carbocycles. The summed E-state index contributed by atoms with van der Waals surface area (Å²) in [5, 5.41) is 0. The van der Waals surface area contributed by atoms with E-state index in [1.165, 1.54) is 38.5 Å². The summed E-state index contributed by atoms with van der Waals surface area (Å²) in [5.74, 6) is 0. The lowest BCUT2D eigenvalue weighted by atomic mass is 10.1. The summed E-state index contributed by atoms with van der Waals surface area (Å²) in [6.45, 7) is 6.03. The number of unbranched alkanes of at least 4 members (excludes halogenated alkanes) is 5. The van der Waals surface area contributed by atoms with Gasteiger partial charge in [0.1, 0.15) is 0 Å². The second-order valence-corrected chi connectivity index (χ2v) is 2.96. The van der Waals surface area contributed by atoms with Gasteiger partial charge in [-0.3, -0.25) is 0 Å². The summed E-state index contributed by atoms with van der Waals surface area (Å²) in [4.78, 5) is 0. The fourth-order valence-corrected chi connectivity index (χ4v) is 1.02. The van der Waals surface area contributed by atoms with Crippen molar-refractivity contribution in [2.45, 2.75) is 51.9 Å². The lowest BCUT2D eigenvalue weighted by Crippen LogP contribution is -3.00. The molecule has 0 atom stereocenters. The summed E-state index contributed by atoms with van der Waals surface area (Å²) < 4.78 is 0. The van der Waals surface area contributed by atoms with E-state index in [1.807, 2.05) is 0 Å². The minimum atomic E-state index is 0. The first kappa shape index (κ1) is 14.4. The van der Waals surface area contributed by atoms with Gasteiger partial charge in [-0.15, -0.1) is 0 Å². The molecule has 0 amide bonds. The summed E-state index contributed by atoms with van der Waals surface area (Å²) in [7, 11) is 0. The van der Waals surface area contributed by atoms with Crippen LogP contribution in [0.15, 0.2) is 12.2 Å². The predicted octanol–water partition coefficient (Wildman–Crippen LogP) is 1.13. The van der Waals surface area contributed by atoms with Gasteiger partial charge in [0.15, 0.2) is 0 Å². The highest BCUT2D eigenvalue weighted by Crippen LogP contribution is 2.03. The number of hydrogen-bond acceptors (Lipinski definition) is 0. The molecule has 0 radical (unpaired) electrons. The Kier molecular flexibility index (Phi) is 16.2. The molecule has 0 aromatic carbocycles. The molecule has 0 saturated heterocycles. The van der Waals surface area contributed by atoms with Crippen LogP contribution in [0.25, 0.3) is 0 Å². The second kappa shape index (κ2) is 13.5. The maximum absolute atomic E-state index is 3.81. The molecule has 12 heavy (non-hydrogen) atoms. The molecular weight excluding hydrogens is 168 g/mol.